The zero-order valence-electron chi connectivity index (χ0n) is 12.5. The van der Waals surface area contributed by atoms with Crippen molar-refractivity contribution in [3.05, 3.63) is 59.2 Å². The van der Waals surface area contributed by atoms with Crippen LogP contribution >= 0.6 is 0 Å². The quantitative estimate of drug-likeness (QED) is 0.787. The summed E-state index contributed by atoms with van der Waals surface area (Å²) in [4.78, 5) is 12.3. The molecule has 0 fully saturated rings. The van der Waals surface area contributed by atoms with Crippen molar-refractivity contribution in [2.24, 2.45) is 5.92 Å². The van der Waals surface area contributed by atoms with E-state index in [2.05, 4.69) is 37.3 Å². The smallest absolute Gasteiger partial charge is 0.161 e. The molecule has 2 atom stereocenters. The molecule has 2 heteroatoms. The van der Waals surface area contributed by atoms with Gasteiger partial charge in [-0.1, -0.05) is 47.6 Å². The van der Waals surface area contributed by atoms with Crippen LogP contribution in [0.2, 0.25) is 0 Å². The number of carbonyl (C=O) groups is 1. The molecule has 1 aromatic rings. The highest BCUT2D eigenvalue weighted by Crippen LogP contribution is 2.31. The second kappa shape index (κ2) is 6.40. The SMILES string of the molecule is CC1=CCC2C(=O)C=C(CCc3ccccc3)CC2OC1. The number of ketones is 1. The number of fused-ring (bicyclic) bond motifs is 1. The maximum Gasteiger partial charge on any atom is 0.161 e. The molecule has 2 aliphatic rings. The van der Waals surface area contributed by atoms with Crippen molar-refractivity contribution in [2.45, 2.75) is 38.7 Å². The summed E-state index contributed by atoms with van der Waals surface area (Å²) in [5.74, 6) is 0.281. The Hall–Kier alpha value is -1.67. The Balaban J connectivity index is 1.65. The number of rotatable bonds is 3. The van der Waals surface area contributed by atoms with E-state index in [1.807, 2.05) is 12.1 Å². The second-order valence-electron chi connectivity index (χ2n) is 6.14. The normalized spacial score (nSPS) is 25.7. The Bertz CT molecular complexity index is 568. The lowest BCUT2D eigenvalue weighted by Crippen LogP contribution is -2.33. The maximum atomic E-state index is 12.3. The fraction of sp³-hybridized carbons (Fsp3) is 0.421. The summed E-state index contributed by atoms with van der Waals surface area (Å²) in [6, 6.07) is 10.4. The van der Waals surface area contributed by atoms with Gasteiger partial charge in [0, 0.05) is 0 Å². The molecular formula is C19H22O2. The molecule has 0 radical (unpaired) electrons. The van der Waals surface area contributed by atoms with Crippen LogP contribution in [0.1, 0.15) is 31.7 Å². The van der Waals surface area contributed by atoms with Gasteiger partial charge in [0.15, 0.2) is 5.78 Å². The van der Waals surface area contributed by atoms with Gasteiger partial charge in [0.2, 0.25) is 0 Å². The van der Waals surface area contributed by atoms with E-state index in [4.69, 9.17) is 4.74 Å². The van der Waals surface area contributed by atoms with E-state index in [1.54, 1.807) is 0 Å². The van der Waals surface area contributed by atoms with E-state index < -0.39 is 0 Å². The van der Waals surface area contributed by atoms with E-state index in [0.29, 0.717) is 6.61 Å². The van der Waals surface area contributed by atoms with Crippen LogP contribution in [-0.2, 0) is 16.0 Å². The van der Waals surface area contributed by atoms with Crippen molar-refractivity contribution in [1.82, 2.24) is 0 Å². The lowest BCUT2D eigenvalue weighted by Gasteiger charge is -2.28. The van der Waals surface area contributed by atoms with Crippen LogP contribution in [-0.4, -0.2) is 18.5 Å². The predicted octanol–water partition coefficient (Wildman–Crippen LogP) is 3.87. The number of hydrogen-bond acceptors (Lipinski definition) is 2. The molecule has 1 aliphatic carbocycles. The van der Waals surface area contributed by atoms with Crippen molar-refractivity contribution in [3.63, 3.8) is 0 Å². The highest BCUT2D eigenvalue weighted by Gasteiger charge is 2.33. The number of benzene rings is 1. The van der Waals surface area contributed by atoms with E-state index in [1.165, 1.54) is 16.7 Å². The first kappa shape index (κ1) is 14.3. The molecule has 0 saturated carbocycles. The van der Waals surface area contributed by atoms with Crippen LogP contribution in [0.3, 0.4) is 0 Å². The first-order valence-corrected chi connectivity index (χ1v) is 7.77. The molecular weight excluding hydrogens is 260 g/mol. The van der Waals surface area contributed by atoms with Crippen molar-refractivity contribution in [1.29, 1.82) is 0 Å². The molecule has 1 aromatic carbocycles. The Morgan fingerprint density at radius 1 is 1.19 bits per heavy atom. The molecule has 0 N–H and O–H groups in total. The van der Waals surface area contributed by atoms with Gasteiger partial charge in [-0.2, -0.15) is 0 Å². The summed E-state index contributed by atoms with van der Waals surface area (Å²) in [5, 5.41) is 0. The Morgan fingerprint density at radius 2 is 2.00 bits per heavy atom. The molecule has 0 bridgehead atoms. The molecule has 3 rings (SSSR count). The van der Waals surface area contributed by atoms with E-state index in [0.717, 1.165) is 25.7 Å². The number of ether oxygens (including phenoxy) is 1. The molecule has 0 aromatic heterocycles. The van der Waals surface area contributed by atoms with Gasteiger partial charge in [0.25, 0.3) is 0 Å². The maximum absolute atomic E-state index is 12.3. The third-order valence-electron chi connectivity index (χ3n) is 4.45. The third-order valence-corrected chi connectivity index (χ3v) is 4.45. The molecule has 110 valence electrons. The second-order valence-corrected chi connectivity index (χ2v) is 6.14. The van der Waals surface area contributed by atoms with Gasteiger partial charge >= 0.3 is 0 Å². The lowest BCUT2D eigenvalue weighted by molar-refractivity contribution is -0.123. The molecule has 1 heterocycles. The fourth-order valence-corrected chi connectivity index (χ4v) is 3.14. The van der Waals surface area contributed by atoms with E-state index >= 15 is 0 Å². The van der Waals surface area contributed by atoms with Crippen LogP contribution in [0.15, 0.2) is 53.6 Å². The summed E-state index contributed by atoms with van der Waals surface area (Å²) < 4.78 is 5.94. The van der Waals surface area contributed by atoms with Gasteiger partial charge in [-0.3, -0.25) is 4.79 Å². The Kier molecular flexibility index (Phi) is 4.35. The van der Waals surface area contributed by atoms with E-state index in [-0.39, 0.29) is 17.8 Å². The van der Waals surface area contributed by atoms with Gasteiger partial charge in [0.05, 0.1) is 18.6 Å². The Labute approximate surface area is 126 Å². The summed E-state index contributed by atoms with van der Waals surface area (Å²) in [5.41, 5.74) is 3.81. The number of allylic oxidation sites excluding steroid dienone is 2. The average Bonchev–Trinajstić information content (AvgIpc) is 2.69. The van der Waals surface area contributed by atoms with Gasteiger partial charge in [-0.05, 0) is 44.2 Å². The molecule has 0 spiro atoms. The number of carbonyl (C=O) groups excluding carboxylic acids is 1. The minimum Gasteiger partial charge on any atom is -0.373 e. The molecule has 2 unspecified atom stereocenters. The largest absolute Gasteiger partial charge is 0.373 e. The van der Waals surface area contributed by atoms with Gasteiger partial charge in [-0.25, -0.2) is 0 Å². The summed E-state index contributed by atoms with van der Waals surface area (Å²) >= 11 is 0. The minimum absolute atomic E-state index is 0.0305. The zero-order chi connectivity index (χ0) is 14.7. The Morgan fingerprint density at radius 3 is 2.81 bits per heavy atom. The van der Waals surface area contributed by atoms with Crippen molar-refractivity contribution >= 4 is 5.78 Å². The first-order chi connectivity index (χ1) is 10.2. The van der Waals surface area contributed by atoms with Crippen molar-refractivity contribution in [2.75, 3.05) is 6.61 Å². The standard InChI is InChI=1S/C19H22O2/c1-14-7-10-17-18(20)11-16(12-19(17)21-13-14)9-8-15-5-3-2-4-6-15/h2-7,11,17,19H,8-10,12-13H2,1H3. The van der Waals surface area contributed by atoms with Crippen LogP contribution < -0.4 is 0 Å². The molecule has 1 aliphatic heterocycles. The summed E-state index contributed by atoms with van der Waals surface area (Å²) in [6.45, 7) is 2.74. The van der Waals surface area contributed by atoms with Gasteiger partial charge in [0.1, 0.15) is 0 Å². The highest BCUT2D eigenvalue weighted by molar-refractivity contribution is 5.94. The lowest BCUT2D eigenvalue weighted by atomic mass is 9.82. The molecule has 0 amide bonds. The average molecular weight is 282 g/mol. The topological polar surface area (TPSA) is 26.3 Å². The zero-order valence-corrected chi connectivity index (χ0v) is 12.5. The number of hydrogen-bond donors (Lipinski definition) is 0. The van der Waals surface area contributed by atoms with Gasteiger partial charge < -0.3 is 4.74 Å². The minimum atomic E-state index is 0.0305. The predicted molar refractivity (Wildman–Crippen MR) is 84.1 cm³/mol. The van der Waals surface area contributed by atoms with Crippen molar-refractivity contribution in [3.8, 4) is 0 Å². The first-order valence-electron chi connectivity index (χ1n) is 7.77. The van der Waals surface area contributed by atoms with E-state index in [9.17, 15) is 4.79 Å². The summed E-state index contributed by atoms with van der Waals surface area (Å²) in [6.07, 6.45) is 7.79. The highest BCUT2D eigenvalue weighted by atomic mass is 16.5. The van der Waals surface area contributed by atoms with Crippen LogP contribution in [0.4, 0.5) is 0 Å². The third kappa shape index (κ3) is 3.51. The number of aryl methyl sites for hydroxylation is 1. The molecule has 0 saturated heterocycles. The van der Waals surface area contributed by atoms with Gasteiger partial charge in [-0.15, -0.1) is 0 Å². The molecule has 21 heavy (non-hydrogen) atoms. The summed E-state index contributed by atoms with van der Waals surface area (Å²) in [7, 11) is 0. The monoisotopic (exact) mass is 282 g/mol. The van der Waals surface area contributed by atoms with Crippen LogP contribution in [0.25, 0.3) is 0 Å². The fourth-order valence-electron chi connectivity index (χ4n) is 3.14. The van der Waals surface area contributed by atoms with Crippen LogP contribution in [0.5, 0.6) is 0 Å². The molecule has 2 nitrogen and oxygen atoms in total. The van der Waals surface area contributed by atoms with Crippen LogP contribution in [0, 0.1) is 5.92 Å². The van der Waals surface area contributed by atoms with Crippen molar-refractivity contribution < 1.29 is 9.53 Å².